The Balaban J connectivity index is 1.65. The topological polar surface area (TPSA) is 82.0 Å². The largest absolute Gasteiger partial charge is 0.490 e. The van der Waals surface area contributed by atoms with Crippen molar-refractivity contribution in [2.45, 2.75) is 26.9 Å². The van der Waals surface area contributed by atoms with Crippen molar-refractivity contribution < 1.29 is 19.0 Å². The first-order valence-corrected chi connectivity index (χ1v) is 11.8. The summed E-state index contributed by atoms with van der Waals surface area (Å²) >= 11 is 4.94. The SMILES string of the molecule is CCOC(=O)Cc1csc(NN=Cc2cc(Br)c(OCc3ccccc3)c(OCC)c2)n1. The molecule has 2 aromatic carbocycles. The van der Waals surface area contributed by atoms with Crippen LogP contribution in [0.4, 0.5) is 5.13 Å². The van der Waals surface area contributed by atoms with Crippen LogP contribution >= 0.6 is 27.3 Å². The number of rotatable bonds is 11. The van der Waals surface area contributed by atoms with Crippen molar-refractivity contribution in [1.82, 2.24) is 4.98 Å². The van der Waals surface area contributed by atoms with E-state index >= 15 is 0 Å². The number of hydrogen-bond donors (Lipinski definition) is 1. The second kappa shape index (κ2) is 12.2. The van der Waals surface area contributed by atoms with Gasteiger partial charge in [0.05, 0.1) is 36.0 Å². The molecule has 0 unspecified atom stereocenters. The number of nitrogens with one attached hydrogen (secondary N) is 1. The van der Waals surface area contributed by atoms with Crippen LogP contribution in [0.3, 0.4) is 0 Å². The number of anilines is 1. The molecule has 3 aromatic rings. The molecule has 1 aromatic heterocycles. The van der Waals surface area contributed by atoms with Gasteiger partial charge >= 0.3 is 5.97 Å². The van der Waals surface area contributed by atoms with E-state index in [2.05, 4.69) is 31.4 Å². The highest BCUT2D eigenvalue weighted by atomic mass is 79.9. The van der Waals surface area contributed by atoms with E-state index in [1.54, 1.807) is 18.5 Å². The van der Waals surface area contributed by atoms with E-state index < -0.39 is 0 Å². The summed E-state index contributed by atoms with van der Waals surface area (Å²) in [6, 6.07) is 13.7. The van der Waals surface area contributed by atoms with Gasteiger partial charge in [-0.3, -0.25) is 10.2 Å². The number of thiazole rings is 1. The lowest BCUT2D eigenvalue weighted by Gasteiger charge is -2.14. The monoisotopic (exact) mass is 517 g/mol. The maximum Gasteiger partial charge on any atom is 0.311 e. The minimum absolute atomic E-state index is 0.144. The molecule has 0 bridgehead atoms. The average Bonchev–Trinajstić information content (AvgIpc) is 3.21. The van der Waals surface area contributed by atoms with Crippen LogP contribution in [-0.4, -0.2) is 30.4 Å². The van der Waals surface area contributed by atoms with Crippen molar-refractivity contribution in [3.8, 4) is 11.5 Å². The first-order chi connectivity index (χ1) is 15.6. The third-order valence-corrected chi connectivity index (χ3v) is 5.50. The fraction of sp³-hybridized carbons (Fsp3) is 0.261. The molecule has 1 N–H and O–H groups in total. The molecule has 0 fully saturated rings. The minimum Gasteiger partial charge on any atom is -0.490 e. The number of benzene rings is 2. The lowest BCUT2D eigenvalue weighted by atomic mass is 10.2. The molecular formula is C23H24BrN3O4S. The van der Waals surface area contributed by atoms with E-state index in [-0.39, 0.29) is 12.4 Å². The van der Waals surface area contributed by atoms with Crippen LogP contribution in [0.25, 0.3) is 0 Å². The smallest absolute Gasteiger partial charge is 0.311 e. The van der Waals surface area contributed by atoms with Gasteiger partial charge in [-0.2, -0.15) is 5.10 Å². The molecule has 0 aliphatic carbocycles. The summed E-state index contributed by atoms with van der Waals surface area (Å²) in [4.78, 5) is 15.9. The molecule has 9 heteroatoms. The molecule has 0 radical (unpaired) electrons. The van der Waals surface area contributed by atoms with Gasteiger partial charge in [0.25, 0.3) is 0 Å². The lowest BCUT2D eigenvalue weighted by Crippen LogP contribution is -2.07. The summed E-state index contributed by atoms with van der Waals surface area (Å²) in [5, 5.41) is 6.64. The molecular weight excluding hydrogens is 494 g/mol. The van der Waals surface area contributed by atoms with Gasteiger partial charge in [-0.1, -0.05) is 30.3 Å². The molecule has 0 atom stereocenters. The van der Waals surface area contributed by atoms with Crippen LogP contribution in [-0.2, 0) is 22.6 Å². The molecule has 0 saturated heterocycles. The van der Waals surface area contributed by atoms with Crippen molar-refractivity contribution in [3.63, 3.8) is 0 Å². The maximum absolute atomic E-state index is 11.6. The Labute approximate surface area is 199 Å². The highest BCUT2D eigenvalue weighted by Crippen LogP contribution is 2.37. The Bertz CT molecular complexity index is 1060. The van der Waals surface area contributed by atoms with Gasteiger partial charge in [-0.05, 0) is 53.0 Å². The highest BCUT2D eigenvalue weighted by molar-refractivity contribution is 9.10. The highest BCUT2D eigenvalue weighted by Gasteiger charge is 2.12. The number of aromatic nitrogens is 1. The first kappa shape index (κ1) is 23.7. The minimum atomic E-state index is -0.296. The molecule has 0 aliphatic heterocycles. The number of hydrogen-bond acceptors (Lipinski definition) is 8. The van der Waals surface area contributed by atoms with Crippen molar-refractivity contribution in [2.24, 2.45) is 5.10 Å². The number of carbonyl (C=O) groups excluding carboxylic acids is 1. The van der Waals surface area contributed by atoms with Crippen molar-refractivity contribution in [3.05, 3.63) is 69.1 Å². The fourth-order valence-electron chi connectivity index (χ4n) is 2.76. The van der Waals surface area contributed by atoms with E-state index in [1.807, 2.05) is 49.4 Å². The Morgan fingerprint density at radius 1 is 1.19 bits per heavy atom. The van der Waals surface area contributed by atoms with Crippen molar-refractivity contribution >= 4 is 44.6 Å². The molecule has 7 nitrogen and oxygen atoms in total. The van der Waals surface area contributed by atoms with E-state index in [0.717, 1.165) is 15.6 Å². The van der Waals surface area contributed by atoms with E-state index in [9.17, 15) is 4.79 Å². The summed E-state index contributed by atoms with van der Waals surface area (Å²) in [6.07, 6.45) is 1.81. The zero-order chi connectivity index (χ0) is 22.8. The molecule has 32 heavy (non-hydrogen) atoms. The van der Waals surface area contributed by atoms with Gasteiger partial charge < -0.3 is 14.2 Å². The molecule has 3 rings (SSSR count). The standard InChI is InChI=1S/C23H24BrN3O4S/c1-3-29-20-11-17(10-19(24)22(20)31-14-16-8-6-5-7-9-16)13-25-27-23-26-18(15-32-23)12-21(28)30-4-2/h5-11,13,15H,3-4,12,14H2,1-2H3,(H,26,27). The van der Waals surface area contributed by atoms with Gasteiger partial charge in [-0.15, -0.1) is 11.3 Å². The number of ether oxygens (including phenoxy) is 3. The number of halogens is 1. The third-order valence-electron chi connectivity index (χ3n) is 4.11. The van der Waals surface area contributed by atoms with Crippen LogP contribution in [0.15, 0.2) is 57.4 Å². The maximum atomic E-state index is 11.6. The molecule has 0 spiro atoms. The first-order valence-electron chi connectivity index (χ1n) is 10.1. The predicted molar refractivity (Wildman–Crippen MR) is 130 cm³/mol. The van der Waals surface area contributed by atoms with Crippen molar-refractivity contribution in [1.29, 1.82) is 0 Å². The van der Waals surface area contributed by atoms with Gasteiger partial charge in [0.2, 0.25) is 5.13 Å². The summed E-state index contributed by atoms with van der Waals surface area (Å²) < 4.78 is 17.5. The normalized spacial score (nSPS) is 10.8. The predicted octanol–water partition coefficient (Wildman–Crippen LogP) is 5.43. The number of esters is 1. The van der Waals surface area contributed by atoms with E-state index in [1.165, 1.54) is 11.3 Å². The van der Waals surface area contributed by atoms with Crippen LogP contribution in [0.5, 0.6) is 11.5 Å². The van der Waals surface area contributed by atoms with Gasteiger partial charge in [0.1, 0.15) is 6.61 Å². The van der Waals surface area contributed by atoms with Crippen LogP contribution in [0.2, 0.25) is 0 Å². The zero-order valence-corrected chi connectivity index (χ0v) is 20.2. The van der Waals surface area contributed by atoms with Crippen LogP contribution in [0, 0.1) is 0 Å². The molecule has 1 heterocycles. The van der Waals surface area contributed by atoms with E-state index in [0.29, 0.717) is 42.1 Å². The summed E-state index contributed by atoms with van der Waals surface area (Å²) in [6.45, 7) is 5.00. The summed E-state index contributed by atoms with van der Waals surface area (Å²) in [5.41, 5.74) is 5.43. The van der Waals surface area contributed by atoms with Gasteiger partial charge in [0.15, 0.2) is 11.5 Å². The molecule has 0 aliphatic rings. The second-order valence-electron chi connectivity index (χ2n) is 6.53. The molecule has 168 valence electrons. The van der Waals surface area contributed by atoms with Crippen molar-refractivity contribution in [2.75, 3.05) is 18.6 Å². The van der Waals surface area contributed by atoms with E-state index in [4.69, 9.17) is 14.2 Å². The van der Waals surface area contributed by atoms with Crippen LogP contribution in [0.1, 0.15) is 30.7 Å². The Morgan fingerprint density at radius 3 is 2.75 bits per heavy atom. The van der Waals surface area contributed by atoms with Crippen LogP contribution < -0.4 is 14.9 Å². The van der Waals surface area contributed by atoms with Gasteiger partial charge in [-0.25, -0.2) is 4.98 Å². The quantitative estimate of drug-likeness (QED) is 0.207. The lowest BCUT2D eigenvalue weighted by molar-refractivity contribution is -0.142. The Hall–Kier alpha value is -2.91. The Kier molecular flexibility index (Phi) is 9.06. The van der Waals surface area contributed by atoms with Gasteiger partial charge in [0, 0.05) is 5.38 Å². The zero-order valence-electron chi connectivity index (χ0n) is 17.8. The number of carbonyl (C=O) groups is 1. The number of nitrogens with zero attached hydrogens (tertiary/aromatic N) is 2. The Morgan fingerprint density at radius 2 is 2.00 bits per heavy atom. The molecule has 0 saturated carbocycles. The second-order valence-corrected chi connectivity index (χ2v) is 8.25. The fourth-order valence-corrected chi connectivity index (χ4v) is 3.99. The summed E-state index contributed by atoms with van der Waals surface area (Å²) in [5.74, 6) is 0.977. The average molecular weight is 518 g/mol. The third kappa shape index (κ3) is 7.06. The number of hydrazone groups is 1. The molecule has 0 amide bonds. The summed E-state index contributed by atoms with van der Waals surface area (Å²) in [7, 11) is 0.